The summed E-state index contributed by atoms with van der Waals surface area (Å²) >= 11 is 7.54. The van der Waals surface area contributed by atoms with Crippen molar-refractivity contribution < 1.29 is 43.0 Å². The molecule has 3 aliphatic heterocycles. The van der Waals surface area contributed by atoms with Gasteiger partial charge in [-0.3, -0.25) is 43.9 Å². The lowest BCUT2D eigenvalue weighted by Gasteiger charge is -2.35. The molecule has 0 bridgehead atoms. The molecule has 2 fully saturated rings. The highest BCUT2D eigenvalue weighted by atomic mass is 35.5. The minimum Gasteiger partial charge on any atom is -0.379 e. The number of thiazole rings is 1. The third-order valence-corrected chi connectivity index (χ3v) is 13.4. The van der Waals surface area contributed by atoms with Crippen LogP contribution >= 0.6 is 22.9 Å². The van der Waals surface area contributed by atoms with Crippen molar-refractivity contribution in [2.45, 2.75) is 84.1 Å². The van der Waals surface area contributed by atoms with Gasteiger partial charge >= 0.3 is 0 Å². The average Bonchev–Trinajstić information content (AvgIpc) is 3.91. The Kier molecular flexibility index (Phi) is 19.1. The van der Waals surface area contributed by atoms with Gasteiger partial charge in [-0.15, -0.1) is 0 Å². The molecule has 0 radical (unpaired) electrons. The SMILES string of the molecule is Cc1nc(Nc2ncc(C(=O)Nc3c(C)cccc3Cl)s2)cc(N2CCN(CCCCCCOCCOCCOCCCCCC(=O)Nc3cccc4c3C(=O)N([C@H]3CCC(=O)NC3=O)C4=O)CC2)n1. The number of aromatic nitrogens is 3. The molecule has 7 rings (SSSR count). The molecule has 2 aromatic carbocycles. The minimum absolute atomic E-state index is 0.0285. The zero-order valence-electron chi connectivity index (χ0n) is 39.7. The summed E-state index contributed by atoms with van der Waals surface area (Å²) in [6, 6.07) is 11.0. The number of anilines is 5. The number of carbonyl (C=O) groups excluding carboxylic acids is 6. The summed E-state index contributed by atoms with van der Waals surface area (Å²) < 4.78 is 17.1. The van der Waals surface area contributed by atoms with Crippen LogP contribution in [0.15, 0.2) is 48.7 Å². The van der Waals surface area contributed by atoms with Crippen LogP contribution in [0.2, 0.25) is 5.02 Å². The predicted molar refractivity (Wildman–Crippen MR) is 266 cm³/mol. The monoisotopic (exact) mass is 1000 g/mol. The summed E-state index contributed by atoms with van der Waals surface area (Å²) in [6.45, 7) is 11.8. The van der Waals surface area contributed by atoms with Crippen molar-refractivity contribution in [2.24, 2.45) is 0 Å². The number of piperazine rings is 1. The van der Waals surface area contributed by atoms with Crippen LogP contribution in [0.1, 0.15) is 106 Å². The summed E-state index contributed by atoms with van der Waals surface area (Å²) in [5.41, 5.74) is 1.86. The third kappa shape index (κ3) is 14.4. The topological polar surface area (TPSA) is 227 Å². The summed E-state index contributed by atoms with van der Waals surface area (Å²) in [4.78, 5) is 95.7. The van der Waals surface area contributed by atoms with Crippen LogP contribution in [0, 0.1) is 13.8 Å². The maximum atomic E-state index is 13.3. The molecule has 4 aromatic rings. The van der Waals surface area contributed by atoms with Crippen molar-refractivity contribution in [3.8, 4) is 0 Å². The molecule has 374 valence electrons. The number of halogens is 1. The lowest BCUT2D eigenvalue weighted by Crippen LogP contribution is -2.54. The van der Waals surface area contributed by atoms with E-state index in [4.69, 9.17) is 30.8 Å². The summed E-state index contributed by atoms with van der Waals surface area (Å²) in [5.74, 6) is -0.832. The molecule has 1 atom stereocenters. The van der Waals surface area contributed by atoms with E-state index >= 15 is 0 Å². The van der Waals surface area contributed by atoms with Crippen LogP contribution in [0.5, 0.6) is 0 Å². The standard InChI is InChI=1S/C49H61ClN10O9S/c1-32-12-10-14-35(50)44(32)57-46(64)38-31-51-49(70-38)55-39-30-40(53-33(2)52-39)59-22-20-58(21-23-59)19-7-3-4-8-24-67-26-28-69-29-27-68-25-9-5-6-16-41(61)54-36-15-11-13-34-43(36)48(66)60(47(34)65)37-17-18-42(62)56-45(37)63/h10-15,30-31,37H,3-9,16-29H2,1-2H3,(H,54,61)(H,57,64)(H,56,62,63)(H,51,52,53,55)/t37-/m0/s1. The predicted octanol–water partition coefficient (Wildman–Crippen LogP) is 6.53. The molecule has 0 unspecified atom stereocenters. The minimum atomic E-state index is -1.07. The van der Waals surface area contributed by atoms with Crippen molar-refractivity contribution >= 4 is 86.5 Å². The number of amides is 6. The number of aryl methyl sites for hydroxylation is 2. The highest BCUT2D eigenvalue weighted by molar-refractivity contribution is 7.17. The summed E-state index contributed by atoms with van der Waals surface area (Å²) in [6.07, 6.45) is 8.45. The number of piperidine rings is 1. The van der Waals surface area contributed by atoms with Gasteiger partial charge in [-0.05, 0) is 76.3 Å². The number of carbonyl (C=O) groups is 6. The zero-order valence-corrected chi connectivity index (χ0v) is 41.3. The van der Waals surface area contributed by atoms with Crippen molar-refractivity contribution in [1.82, 2.24) is 30.1 Å². The van der Waals surface area contributed by atoms with Crippen molar-refractivity contribution in [2.75, 3.05) is 93.2 Å². The Balaban J connectivity index is 0.658. The second-order valence-electron chi connectivity index (χ2n) is 17.3. The first kappa shape index (κ1) is 51.9. The fraction of sp³-hybridized carbons (Fsp3) is 0.490. The number of hydrogen-bond donors (Lipinski definition) is 4. The van der Waals surface area contributed by atoms with Crippen LogP contribution in [0.3, 0.4) is 0 Å². The maximum absolute atomic E-state index is 13.3. The van der Waals surface area contributed by atoms with Crippen molar-refractivity contribution in [1.29, 1.82) is 0 Å². The number of fused-ring (bicyclic) bond motifs is 1. The Morgan fingerprint density at radius 3 is 2.24 bits per heavy atom. The largest absolute Gasteiger partial charge is 0.379 e. The first-order valence-corrected chi connectivity index (χ1v) is 25.1. The Labute approximate surface area is 416 Å². The van der Waals surface area contributed by atoms with Crippen LogP contribution in [-0.2, 0) is 28.6 Å². The maximum Gasteiger partial charge on any atom is 0.267 e. The van der Waals surface area contributed by atoms with Crippen LogP contribution < -0.4 is 26.2 Å². The quantitative estimate of drug-likeness (QED) is 0.0387. The van der Waals surface area contributed by atoms with Gasteiger partial charge < -0.3 is 35.1 Å². The molecule has 19 nitrogen and oxygen atoms in total. The molecule has 5 heterocycles. The van der Waals surface area contributed by atoms with E-state index in [0.29, 0.717) is 78.4 Å². The van der Waals surface area contributed by atoms with Crippen LogP contribution in [-0.4, -0.2) is 139 Å². The second kappa shape index (κ2) is 25.8. The van der Waals surface area contributed by atoms with E-state index in [1.54, 1.807) is 24.4 Å². The fourth-order valence-corrected chi connectivity index (χ4v) is 9.41. The molecule has 70 heavy (non-hydrogen) atoms. The van der Waals surface area contributed by atoms with Gasteiger partial charge in [0.1, 0.15) is 28.4 Å². The number of unbranched alkanes of at least 4 members (excludes halogenated alkanes) is 5. The van der Waals surface area contributed by atoms with Gasteiger partial charge in [0.2, 0.25) is 17.7 Å². The van der Waals surface area contributed by atoms with E-state index < -0.39 is 29.7 Å². The number of rotatable bonds is 26. The number of hydrogen-bond acceptors (Lipinski definition) is 16. The van der Waals surface area contributed by atoms with Gasteiger partial charge in [-0.2, -0.15) is 0 Å². The van der Waals surface area contributed by atoms with E-state index in [2.05, 4.69) is 41.0 Å². The molecule has 2 saturated heterocycles. The molecule has 21 heteroatoms. The molecule has 0 saturated carbocycles. The number of benzene rings is 2. The van der Waals surface area contributed by atoms with E-state index in [-0.39, 0.29) is 47.9 Å². The van der Waals surface area contributed by atoms with Crippen LogP contribution in [0.25, 0.3) is 0 Å². The Morgan fingerprint density at radius 2 is 1.51 bits per heavy atom. The van der Waals surface area contributed by atoms with Gasteiger partial charge in [0.05, 0.1) is 60.1 Å². The second-order valence-corrected chi connectivity index (χ2v) is 18.8. The van der Waals surface area contributed by atoms with Gasteiger partial charge in [0.25, 0.3) is 17.7 Å². The number of nitrogens with zero attached hydrogens (tertiary/aromatic N) is 6. The average molecular weight is 1000 g/mol. The molecular formula is C49H61ClN10O9S. The molecular weight excluding hydrogens is 940 g/mol. The molecule has 4 N–H and O–H groups in total. The summed E-state index contributed by atoms with van der Waals surface area (Å²) in [7, 11) is 0. The number of ether oxygens (including phenoxy) is 3. The van der Waals surface area contributed by atoms with Gasteiger partial charge in [0.15, 0.2) is 5.13 Å². The zero-order chi connectivity index (χ0) is 49.4. The number of para-hydroxylation sites is 1. The third-order valence-electron chi connectivity index (χ3n) is 12.1. The van der Waals surface area contributed by atoms with Crippen molar-refractivity contribution in [3.63, 3.8) is 0 Å². The molecule has 6 amide bonds. The Bertz CT molecular complexity index is 2480. The Morgan fingerprint density at radius 1 is 0.814 bits per heavy atom. The highest BCUT2D eigenvalue weighted by Gasteiger charge is 2.45. The smallest absolute Gasteiger partial charge is 0.267 e. The molecule has 3 aliphatic rings. The van der Waals surface area contributed by atoms with Gasteiger partial charge in [-0.1, -0.05) is 60.4 Å². The van der Waals surface area contributed by atoms with E-state index in [0.717, 1.165) is 87.5 Å². The highest BCUT2D eigenvalue weighted by Crippen LogP contribution is 2.33. The van der Waals surface area contributed by atoms with E-state index in [9.17, 15) is 28.8 Å². The lowest BCUT2D eigenvalue weighted by molar-refractivity contribution is -0.136. The van der Waals surface area contributed by atoms with Gasteiger partial charge in [-0.25, -0.2) is 15.0 Å². The van der Waals surface area contributed by atoms with Crippen molar-refractivity contribution in [3.05, 3.63) is 81.1 Å². The van der Waals surface area contributed by atoms with Crippen LogP contribution in [0.4, 0.5) is 28.1 Å². The van der Waals surface area contributed by atoms with Gasteiger partial charge in [0, 0.05) is 58.3 Å². The normalized spacial score (nSPS) is 16.1. The van der Waals surface area contributed by atoms with E-state index in [1.807, 2.05) is 32.0 Å². The molecule has 0 aliphatic carbocycles. The molecule has 0 spiro atoms. The first-order valence-electron chi connectivity index (χ1n) is 23.9. The first-order chi connectivity index (χ1) is 33.9. The lowest BCUT2D eigenvalue weighted by atomic mass is 10.0. The number of imide groups is 2. The number of nitrogens with one attached hydrogen (secondary N) is 4. The fourth-order valence-electron chi connectivity index (χ4n) is 8.42. The molecule has 2 aromatic heterocycles. The van der Waals surface area contributed by atoms with E-state index in [1.165, 1.54) is 17.4 Å². The Hall–Kier alpha value is -5.90. The summed E-state index contributed by atoms with van der Waals surface area (Å²) in [5, 5.41) is 12.1.